The van der Waals surface area contributed by atoms with Crippen LogP contribution in [0.25, 0.3) is 22.0 Å². The summed E-state index contributed by atoms with van der Waals surface area (Å²) in [6.07, 6.45) is 5.89. The van der Waals surface area contributed by atoms with Crippen LogP contribution in [0.3, 0.4) is 0 Å². The van der Waals surface area contributed by atoms with Crippen molar-refractivity contribution >= 4 is 28.1 Å². The third-order valence-electron chi connectivity index (χ3n) is 6.31. The number of hydrogen-bond acceptors (Lipinski definition) is 4. The lowest BCUT2D eigenvalue weighted by Crippen LogP contribution is -2.55. The Balaban J connectivity index is 1.38. The fourth-order valence-corrected chi connectivity index (χ4v) is 5.45. The fraction of sp³-hybridized carbons (Fsp3) is 0.429. The van der Waals surface area contributed by atoms with E-state index in [2.05, 4.69) is 56.4 Å². The second-order valence-electron chi connectivity index (χ2n) is 7.89. The first kappa shape index (κ1) is 17.0. The van der Waals surface area contributed by atoms with E-state index in [9.17, 15) is 4.79 Å². The lowest BCUT2D eigenvalue weighted by molar-refractivity contribution is 0.0462. The molecule has 1 aromatic carbocycles. The highest BCUT2D eigenvalue weighted by molar-refractivity contribution is 7.08. The van der Waals surface area contributed by atoms with Gasteiger partial charge < -0.3 is 10.2 Å². The van der Waals surface area contributed by atoms with E-state index in [1.54, 1.807) is 11.3 Å². The van der Waals surface area contributed by atoms with Crippen molar-refractivity contribution in [2.45, 2.75) is 50.2 Å². The Morgan fingerprint density at radius 3 is 2.78 bits per heavy atom. The van der Waals surface area contributed by atoms with Gasteiger partial charge in [-0.1, -0.05) is 12.5 Å². The lowest BCUT2D eigenvalue weighted by atomic mass is 9.82. The minimum atomic E-state index is -0.0589. The number of fused-ring (bicyclic) bond motifs is 3. The molecule has 0 spiro atoms. The molecule has 3 atom stereocenters. The second-order valence-corrected chi connectivity index (χ2v) is 8.67. The van der Waals surface area contributed by atoms with Gasteiger partial charge in [0.2, 0.25) is 0 Å². The van der Waals surface area contributed by atoms with Gasteiger partial charge in [-0.3, -0.25) is 9.89 Å². The van der Waals surface area contributed by atoms with E-state index in [1.165, 1.54) is 24.8 Å². The van der Waals surface area contributed by atoms with E-state index in [0.29, 0.717) is 17.8 Å². The summed E-state index contributed by atoms with van der Waals surface area (Å²) in [5, 5.41) is 15.7. The number of aromatic amines is 1. The third kappa shape index (κ3) is 3.07. The zero-order chi connectivity index (χ0) is 18.4. The summed E-state index contributed by atoms with van der Waals surface area (Å²) in [4.78, 5) is 15.5. The number of amides is 1. The number of carbonyl (C=O) groups excluding carboxylic acids is 1. The molecule has 2 bridgehead atoms. The molecule has 2 N–H and O–H groups in total. The first-order valence-corrected chi connectivity index (χ1v) is 10.7. The van der Waals surface area contributed by atoms with Crippen LogP contribution in [0.15, 0.2) is 35.0 Å². The first-order chi connectivity index (χ1) is 13.2. The number of benzene rings is 1. The van der Waals surface area contributed by atoms with Gasteiger partial charge >= 0.3 is 0 Å². The van der Waals surface area contributed by atoms with Gasteiger partial charge in [-0.2, -0.15) is 16.4 Å². The van der Waals surface area contributed by atoms with E-state index in [4.69, 9.17) is 0 Å². The van der Waals surface area contributed by atoms with Crippen molar-refractivity contribution in [3.05, 3.63) is 40.7 Å². The SMILES string of the molecule is CN1[C@@H]2CCC[C@H]1C[C@@H](NC(=O)c1n[nH]c3ccc(-c4ccsc4)cc13)C2. The molecule has 2 aliphatic heterocycles. The molecule has 2 saturated heterocycles. The molecule has 0 radical (unpaired) electrons. The van der Waals surface area contributed by atoms with E-state index >= 15 is 0 Å². The van der Waals surface area contributed by atoms with Gasteiger partial charge in [0, 0.05) is 23.5 Å². The lowest BCUT2D eigenvalue weighted by Gasteiger charge is -2.47. The average Bonchev–Trinajstić information content (AvgIpc) is 3.31. The highest BCUT2D eigenvalue weighted by Gasteiger charge is 2.36. The molecule has 27 heavy (non-hydrogen) atoms. The van der Waals surface area contributed by atoms with Crippen molar-refractivity contribution in [2.24, 2.45) is 0 Å². The van der Waals surface area contributed by atoms with Crippen LogP contribution in [0, 0.1) is 0 Å². The topological polar surface area (TPSA) is 61.0 Å². The van der Waals surface area contributed by atoms with E-state index in [-0.39, 0.29) is 11.9 Å². The van der Waals surface area contributed by atoms with Crippen LogP contribution in [0.4, 0.5) is 0 Å². The molecule has 6 heteroatoms. The molecule has 1 amide bonds. The molecule has 2 aromatic heterocycles. The summed E-state index contributed by atoms with van der Waals surface area (Å²) < 4.78 is 0. The predicted molar refractivity (Wildman–Crippen MR) is 109 cm³/mol. The second kappa shape index (κ2) is 6.77. The number of rotatable bonds is 3. The molecule has 0 saturated carbocycles. The normalized spacial score (nSPS) is 25.6. The van der Waals surface area contributed by atoms with E-state index < -0.39 is 0 Å². The molecular weight excluding hydrogens is 356 g/mol. The Labute approximate surface area is 162 Å². The zero-order valence-electron chi connectivity index (χ0n) is 15.4. The molecule has 3 aromatic rings. The maximum Gasteiger partial charge on any atom is 0.272 e. The molecular formula is C21H24N4OS. The van der Waals surface area contributed by atoms with E-state index in [0.717, 1.165) is 29.3 Å². The maximum absolute atomic E-state index is 13.0. The Bertz CT molecular complexity index is 950. The molecule has 4 heterocycles. The molecule has 0 aliphatic carbocycles. The zero-order valence-corrected chi connectivity index (χ0v) is 16.3. The molecule has 0 unspecified atom stereocenters. The summed E-state index contributed by atoms with van der Waals surface area (Å²) >= 11 is 1.68. The molecule has 140 valence electrons. The molecule has 5 rings (SSSR count). The van der Waals surface area contributed by atoms with Crippen molar-refractivity contribution < 1.29 is 4.79 Å². The number of nitrogens with zero attached hydrogens (tertiary/aromatic N) is 2. The molecule has 2 aliphatic rings. The van der Waals surface area contributed by atoms with Crippen molar-refractivity contribution in [3.63, 3.8) is 0 Å². The molecule has 5 nitrogen and oxygen atoms in total. The number of piperidine rings is 2. The summed E-state index contributed by atoms with van der Waals surface area (Å²) in [5.74, 6) is -0.0589. The largest absolute Gasteiger partial charge is 0.348 e. The van der Waals surface area contributed by atoms with Gasteiger partial charge in [-0.05, 0) is 72.8 Å². The Morgan fingerprint density at radius 2 is 2.04 bits per heavy atom. The van der Waals surface area contributed by atoms with Gasteiger partial charge in [0.15, 0.2) is 5.69 Å². The number of thiophene rings is 1. The predicted octanol–water partition coefficient (Wildman–Crippen LogP) is 4.04. The number of hydrogen-bond donors (Lipinski definition) is 2. The van der Waals surface area contributed by atoms with E-state index in [1.807, 2.05) is 6.07 Å². The van der Waals surface area contributed by atoms with Gasteiger partial charge in [0.25, 0.3) is 5.91 Å². The average molecular weight is 381 g/mol. The Hall–Kier alpha value is -2.18. The Morgan fingerprint density at radius 1 is 1.22 bits per heavy atom. The van der Waals surface area contributed by atoms with Gasteiger partial charge in [-0.25, -0.2) is 0 Å². The third-order valence-corrected chi connectivity index (χ3v) is 6.99. The maximum atomic E-state index is 13.0. The van der Waals surface area contributed by atoms with Crippen molar-refractivity contribution in [3.8, 4) is 11.1 Å². The van der Waals surface area contributed by atoms with Crippen molar-refractivity contribution in [1.29, 1.82) is 0 Å². The fourth-order valence-electron chi connectivity index (χ4n) is 4.78. The number of H-pyrrole nitrogens is 1. The van der Waals surface area contributed by atoms with Gasteiger partial charge in [0.1, 0.15) is 0 Å². The highest BCUT2D eigenvalue weighted by Crippen LogP contribution is 2.33. The van der Waals surface area contributed by atoms with Crippen LogP contribution in [0.2, 0.25) is 0 Å². The van der Waals surface area contributed by atoms with Crippen LogP contribution >= 0.6 is 11.3 Å². The summed E-state index contributed by atoms with van der Waals surface area (Å²) in [6, 6.07) is 9.69. The van der Waals surface area contributed by atoms with Crippen LogP contribution < -0.4 is 5.32 Å². The number of carbonyl (C=O) groups is 1. The molecule has 2 fully saturated rings. The smallest absolute Gasteiger partial charge is 0.272 e. The monoisotopic (exact) mass is 380 g/mol. The van der Waals surface area contributed by atoms with Gasteiger partial charge in [-0.15, -0.1) is 0 Å². The summed E-state index contributed by atoms with van der Waals surface area (Å²) in [6.45, 7) is 0. The number of nitrogens with one attached hydrogen (secondary N) is 2. The van der Waals surface area contributed by atoms with Crippen LogP contribution in [-0.2, 0) is 0 Å². The van der Waals surface area contributed by atoms with Gasteiger partial charge in [0.05, 0.1) is 5.52 Å². The van der Waals surface area contributed by atoms with Crippen LogP contribution in [0.5, 0.6) is 0 Å². The minimum Gasteiger partial charge on any atom is -0.348 e. The first-order valence-electron chi connectivity index (χ1n) is 9.72. The Kier molecular flexibility index (Phi) is 4.25. The number of aromatic nitrogens is 2. The summed E-state index contributed by atoms with van der Waals surface area (Å²) in [5.41, 5.74) is 3.70. The van der Waals surface area contributed by atoms with Crippen molar-refractivity contribution in [2.75, 3.05) is 7.05 Å². The van der Waals surface area contributed by atoms with Crippen LogP contribution in [0.1, 0.15) is 42.6 Å². The highest BCUT2D eigenvalue weighted by atomic mass is 32.1. The standard InChI is InChI=1S/C21H24N4OS/c1-25-16-3-2-4-17(25)11-15(10-16)22-21(26)20-18-9-13(14-7-8-27-12-14)5-6-19(18)23-24-20/h5-9,12,15-17H,2-4,10-11H2,1H3,(H,22,26)(H,23,24)/t15-,16+,17-. The summed E-state index contributed by atoms with van der Waals surface area (Å²) in [7, 11) is 2.24. The minimum absolute atomic E-state index is 0.0589. The van der Waals surface area contributed by atoms with Crippen LogP contribution in [-0.4, -0.2) is 46.2 Å². The van der Waals surface area contributed by atoms with Crippen molar-refractivity contribution in [1.82, 2.24) is 20.4 Å². The quantitative estimate of drug-likeness (QED) is 0.721.